The van der Waals surface area contributed by atoms with Crippen molar-refractivity contribution in [2.75, 3.05) is 5.32 Å². The number of amides is 2. The SMILES string of the molecule is O=C(O)C[C@H](NC(=O)Nc1cc(Cl)ccc1Cl)C(=O)O. The summed E-state index contributed by atoms with van der Waals surface area (Å²) in [6.07, 6.45) is -0.744. The third-order valence-electron chi connectivity index (χ3n) is 2.16. The van der Waals surface area contributed by atoms with Gasteiger partial charge in [0.05, 0.1) is 17.1 Å². The number of nitrogens with one attached hydrogen (secondary N) is 2. The average Bonchev–Trinajstić information content (AvgIpc) is 2.32. The van der Waals surface area contributed by atoms with Crippen LogP contribution in [0.3, 0.4) is 0 Å². The molecule has 0 bridgehead atoms. The van der Waals surface area contributed by atoms with E-state index >= 15 is 0 Å². The molecule has 0 aliphatic carbocycles. The second-order valence-electron chi connectivity index (χ2n) is 3.71. The van der Waals surface area contributed by atoms with Gasteiger partial charge in [0, 0.05) is 5.02 Å². The van der Waals surface area contributed by atoms with Gasteiger partial charge in [-0.25, -0.2) is 9.59 Å². The Morgan fingerprint density at radius 2 is 1.85 bits per heavy atom. The van der Waals surface area contributed by atoms with Crippen LogP contribution < -0.4 is 10.6 Å². The van der Waals surface area contributed by atoms with Crippen LogP contribution in [0.4, 0.5) is 10.5 Å². The summed E-state index contributed by atoms with van der Waals surface area (Å²) in [6, 6.07) is 1.88. The molecule has 0 fully saturated rings. The number of rotatable bonds is 5. The van der Waals surface area contributed by atoms with Crippen molar-refractivity contribution in [3.8, 4) is 0 Å². The zero-order valence-corrected chi connectivity index (χ0v) is 11.4. The highest BCUT2D eigenvalue weighted by molar-refractivity contribution is 6.35. The maximum atomic E-state index is 11.6. The van der Waals surface area contributed by atoms with E-state index in [1.165, 1.54) is 18.2 Å². The van der Waals surface area contributed by atoms with Crippen LogP contribution in [0.1, 0.15) is 6.42 Å². The summed E-state index contributed by atoms with van der Waals surface area (Å²) < 4.78 is 0. The molecule has 0 aromatic heterocycles. The first-order chi connectivity index (χ1) is 9.29. The van der Waals surface area contributed by atoms with Gasteiger partial charge in [-0.1, -0.05) is 23.2 Å². The first-order valence-electron chi connectivity index (χ1n) is 5.26. The molecule has 1 aromatic carbocycles. The van der Waals surface area contributed by atoms with E-state index in [1.54, 1.807) is 0 Å². The lowest BCUT2D eigenvalue weighted by atomic mass is 10.2. The number of anilines is 1. The van der Waals surface area contributed by atoms with Crippen molar-refractivity contribution in [3.63, 3.8) is 0 Å². The van der Waals surface area contributed by atoms with Crippen molar-refractivity contribution in [1.82, 2.24) is 5.32 Å². The lowest BCUT2D eigenvalue weighted by molar-refractivity contribution is -0.145. The molecule has 1 aromatic rings. The van der Waals surface area contributed by atoms with Crippen molar-refractivity contribution in [2.24, 2.45) is 0 Å². The van der Waals surface area contributed by atoms with Gasteiger partial charge in [-0.05, 0) is 18.2 Å². The molecule has 0 aliphatic rings. The summed E-state index contributed by atoms with van der Waals surface area (Å²) in [7, 11) is 0. The maximum absolute atomic E-state index is 11.6. The third kappa shape index (κ3) is 4.94. The molecule has 1 atom stereocenters. The summed E-state index contributed by atoms with van der Waals surface area (Å²) in [5, 5.41) is 22.2. The topological polar surface area (TPSA) is 116 Å². The number of hydrogen-bond donors (Lipinski definition) is 4. The number of carboxylic acids is 2. The Balaban J connectivity index is 2.72. The summed E-state index contributed by atoms with van der Waals surface area (Å²) in [6.45, 7) is 0. The van der Waals surface area contributed by atoms with Gasteiger partial charge in [0.25, 0.3) is 0 Å². The Kier molecular flexibility index (Phi) is 5.60. The van der Waals surface area contributed by atoms with Gasteiger partial charge in [-0.3, -0.25) is 4.79 Å². The Hall–Kier alpha value is -1.99. The number of benzene rings is 1. The Labute approximate surface area is 123 Å². The Morgan fingerprint density at radius 1 is 1.20 bits per heavy atom. The largest absolute Gasteiger partial charge is 0.481 e. The number of carbonyl (C=O) groups excluding carboxylic acids is 1. The Morgan fingerprint density at radius 3 is 2.40 bits per heavy atom. The van der Waals surface area contributed by atoms with Crippen molar-refractivity contribution in [3.05, 3.63) is 28.2 Å². The minimum atomic E-state index is -1.55. The van der Waals surface area contributed by atoms with Crippen molar-refractivity contribution in [2.45, 2.75) is 12.5 Å². The van der Waals surface area contributed by atoms with Gasteiger partial charge in [-0.2, -0.15) is 0 Å². The molecule has 0 saturated carbocycles. The molecule has 0 unspecified atom stereocenters. The molecule has 0 radical (unpaired) electrons. The van der Waals surface area contributed by atoms with Gasteiger partial charge in [-0.15, -0.1) is 0 Å². The molecular formula is C11H10Cl2N2O5. The van der Waals surface area contributed by atoms with Crippen LogP contribution in [0.25, 0.3) is 0 Å². The lowest BCUT2D eigenvalue weighted by Gasteiger charge is -2.14. The number of carbonyl (C=O) groups is 3. The number of hydrogen-bond acceptors (Lipinski definition) is 3. The number of aliphatic carboxylic acids is 2. The van der Waals surface area contributed by atoms with Crippen LogP contribution in [0, 0.1) is 0 Å². The maximum Gasteiger partial charge on any atom is 0.326 e. The van der Waals surface area contributed by atoms with E-state index in [1.807, 2.05) is 5.32 Å². The van der Waals surface area contributed by atoms with Crippen LogP contribution in [-0.2, 0) is 9.59 Å². The zero-order chi connectivity index (χ0) is 15.3. The molecule has 2 amide bonds. The number of carboxylic acid groups (broad SMARTS) is 2. The van der Waals surface area contributed by atoms with Gasteiger partial charge in [0.15, 0.2) is 0 Å². The van der Waals surface area contributed by atoms with E-state index in [2.05, 4.69) is 5.32 Å². The third-order valence-corrected chi connectivity index (χ3v) is 2.72. The molecule has 1 rings (SSSR count). The van der Waals surface area contributed by atoms with E-state index in [0.717, 1.165) is 0 Å². The highest BCUT2D eigenvalue weighted by Crippen LogP contribution is 2.25. The van der Waals surface area contributed by atoms with Crippen LogP contribution in [0.2, 0.25) is 10.0 Å². The van der Waals surface area contributed by atoms with Gasteiger partial charge in [0.2, 0.25) is 0 Å². The van der Waals surface area contributed by atoms with Gasteiger partial charge >= 0.3 is 18.0 Å². The van der Waals surface area contributed by atoms with Gasteiger partial charge < -0.3 is 20.8 Å². The first kappa shape index (κ1) is 16.1. The summed E-state index contributed by atoms with van der Waals surface area (Å²) in [4.78, 5) is 32.9. The predicted molar refractivity (Wildman–Crippen MR) is 72.3 cm³/mol. The van der Waals surface area contributed by atoms with E-state index < -0.39 is 30.4 Å². The molecule has 0 aliphatic heterocycles. The minimum absolute atomic E-state index is 0.177. The van der Waals surface area contributed by atoms with Crippen molar-refractivity contribution < 1.29 is 24.6 Å². The second kappa shape index (κ2) is 6.97. The van der Waals surface area contributed by atoms with Crippen LogP contribution in [0.5, 0.6) is 0 Å². The van der Waals surface area contributed by atoms with E-state index in [4.69, 9.17) is 33.4 Å². The van der Waals surface area contributed by atoms with E-state index in [-0.39, 0.29) is 10.7 Å². The lowest BCUT2D eigenvalue weighted by Crippen LogP contribution is -2.44. The first-order valence-corrected chi connectivity index (χ1v) is 6.02. The number of urea groups is 1. The molecule has 0 saturated heterocycles. The second-order valence-corrected chi connectivity index (χ2v) is 4.55. The minimum Gasteiger partial charge on any atom is -0.481 e. The normalized spacial score (nSPS) is 11.5. The molecule has 108 valence electrons. The van der Waals surface area contributed by atoms with Gasteiger partial charge in [0.1, 0.15) is 6.04 Å². The van der Waals surface area contributed by atoms with Crippen LogP contribution in [0.15, 0.2) is 18.2 Å². The molecule has 0 heterocycles. The molecule has 7 nitrogen and oxygen atoms in total. The van der Waals surface area contributed by atoms with Crippen LogP contribution >= 0.6 is 23.2 Å². The molecule has 0 spiro atoms. The summed E-state index contributed by atoms with van der Waals surface area (Å²) in [5.74, 6) is -2.81. The smallest absolute Gasteiger partial charge is 0.326 e. The van der Waals surface area contributed by atoms with E-state index in [9.17, 15) is 14.4 Å². The fourth-order valence-corrected chi connectivity index (χ4v) is 1.62. The van der Waals surface area contributed by atoms with E-state index in [0.29, 0.717) is 5.02 Å². The highest BCUT2D eigenvalue weighted by Gasteiger charge is 2.23. The standard InChI is InChI=1S/C11H10Cl2N2O5/c12-5-1-2-6(13)7(3-5)14-11(20)15-8(10(18)19)4-9(16)17/h1-3,8H,4H2,(H,16,17)(H,18,19)(H2,14,15,20)/t8-/m0/s1. The Bertz CT molecular complexity index is 550. The molecule has 20 heavy (non-hydrogen) atoms. The summed E-state index contributed by atoms with van der Waals surface area (Å²) >= 11 is 11.5. The van der Waals surface area contributed by atoms with Crippen molar-refractivity contribution >= 4 is 46.9 Å². The van der Waals surface area contributed by atoms with Crippen molar-refractivity contribution in [1.29, 1.82) is 0 Å². The fraction of sp³-hybridized carbons (Fsp3) is 0.182. The van der Waals surface area contributed by atoms with Crippen LogP contribution in [-0.4, -0.2) is 34.2 Å². The highest BCUT2D eigenvalue weighted by atomic mass is 35.5. The molecule has 4 N–H and O–H groups in total. The average molecular weight is 321 g/mol. The zero-order valence-electron chi connectivity index (χ0n) is 9.89. The quantitative estimate of drug-likeness (QED) is 0.662. The summed E-state index contributed by atoms with van der Waals surface area (Å²) in [5.41, 5.74) is 0.177. The molecular weight excluding hydrogens is 311 g/mol. The fourth-order valence-electron chi connectivity index (χ4n) is 1.28. The number of halogens is 2. The monoisotopic (exact) mass is 320 g/mol. The molecule has 9 heteroatoms. The predicted octanol–water partition coefficient (Wildman–Crippen LogP) is 2.04.